The quantitative estimate of drug-likeness (QED) is 0.837. The van der Waals surface area contributed by atoms with Gasteiger partial charge in [0.05, 0.1) is 5.52 Å². The van der Waals surface area contributed by atoms with Crippen molar-refractivity contribution in [2.75, 3.05) is 0 Å². The van der Waals surface area contributed by atoms with Crippen LogP contribution in [0.5, 0.6) is 0 Å². The van der Waals surface area contributed by atoms with Crippen LogP contribution in [0.3, 0.4) is 0 Å². The summed E-state index contributed by atoms with van der Waals surface area (Å²) in [4.78, 5) is 10.8. The van der Waals surface area contributed by atoms with Gasteiger partial charge in [-0.2, -0.15) is 0 Å². The SMILES string of the molecule is CC(C)c1ccc2nnc(C(=O)O)cc2c1. The molecule has 0 spiro atoms. The number of aromatic nitrogens is 2. The summed E-state index contributed by atoms with van der Waals surface area (Å²) in [6.45, 7) is 4.18. The number of hydrogen-bond donors (Lipinski definition) is 1. The van der Waals surface area contributed by atoms with Crippen molar-refractivity contribution in [1.29, 1.82) is 0 Å². The molecular formula is C12H12N2O2. The molecule has 16 heavy (non-hydrogen) atoms. The monoisotopic (exact) mass is 216 g/mol. The number of fused-ring (bicyclic) bond motifs is 1. The Hall–Kier alpha value is -1.97. The standard InChI is InChI=1S/C12H12N2O2/c1-7(2)8-3-4-10-9(5-8)6-11(12(15)16)14-13-10/h3-7H,1-2H3,(H,15,16). The minimum Gasteiger partial charge on any atom is -0.476 e. The molecule has 1 heterocycles. The highest BCUT2D eigenvalue weighted by Crippen LogP contribution is 2.20. The summed E-state index contributed by atoms with van der Waals surface area (Å²) in [5.41, 5.74) is 1.86. The van der Waals surface area contributed by atoms with Gasteiger partial charge in [-0.25, -0.2) is 4.79 Å². The number of hydrogen-bond acceptors (Lipinski definition) is 3. The molecule has 0 amide bonds. The van der Waals surface area contributed by atoms with E-state index in [9.17, 15) is 4.79 Å². The second-order valence-electron chi connectivity index (χ2n) is 4.01. The lowest BCUT2D eigenvalue weighted by Gasteiger charge is -2.06. The first-order valence-corrected chi connectivity index (χ1v) is 5.08. The third-order valence-electron chi connectivity index (χ3n) is 2.50. The molecule has 1 N–H and O–H groups in total. The lowest BCUT2D eigenvalue weighted by Crippen LogP contribution is -2.02. The lowest BCUT2D eigenvalue weighted by molar-refractivity contribution is 0.0689. The summed E-state index contributed by atoms with van der Waals surface area (Å²) < 4.78 is 0. The molecule has 4 heteroatoms. The average molecular weight is 216 g/mol. The van der Waals surface area contributed by atoms with Gasteiger partial charge in [0.15, 0.2) is 5.69 Å². The summed E-state index contributed by atoms with van der Waals surface area (Å²) >= 11 is 0. The Morgan fingerprint density at radius 3 is 2.62 bits per heavy atom. The Balaban J connectivity index is 2.61. The Kier molecular flexibility index (Phi) is 2.56. The van der Waals surface area contributed by atoms with E-state index in [4.69, 9.17) is 5.11 Å². The first-order valence-electron chi connectivity index (χ1n) is 5.08. The second kappa shape index (κ2) is 3.89. The van der Waals surface area contributed by atoms with Gasteiger partial charge in [0.2, 0.25) is 0 Å². The largest absolute Gasteiger partial charge is 0.476 e. The average Bonchev–Trinajstić information content (AvgIpc) is 2.27. The number of benzene rings is 1. The van der Waals surface area contributed by atoms with Gasteiger partial charge < -0.3 is 5.11 Å². The minimum absolute atomic E-state index is 0.0200. The van der Waals surface area contributed by atoms with E-state index in [0.717, 1.165) is 16.5 Å². The van der Waals surface area contributed by atoms with Crippen LogP contribution in [0.4, 0.5) is 0 Å². The van der Waals surface area contributed by atoms with Crippen LogP contribution in [-0.2, 0) is 0 Å². The third-order valence-corrected chi connectivity index (χ3v) is 2.50. The summed E-state index contributed by atoms with van der Waals surface area (Å²) in [7, 11) is 0. The maximum Gasteiger partial charge on any atom is 0.356 e. The van der Waals surface area contributed by atoms with E-state index in [2.05, 4.69) is 24.0 Å². The number of carboxylic acid groups (broad SMARTS) is 1. The molecule has 0 saturated carbocycles. The summed E-state index contributed by atoms with van der Waals surface area (Å²) in [6.07, 6.45) is 0. The molecule has 0 aliphatic heterocycles. The van der Waals surface area contributed by atoms with Gasteiger partial charge in [-0.15, -0.1) is 10.2 Å². The molecule has 0 unspecified atom stereocenters. The Morgan fingerprint density at radius 2 is 2.00 bits per heavy atom. The van der Waals surface area contributed by atoms with Crippen molar-refractivity contribution >= 4 is 16.9 Å². The minimum atomic E-state index is -1.05. The van der Waals surface area contributed by atoms with Crippen LogP contribution in [0.25, 0.3) is 10.9 Å². The first kappa shape index (κ1) is 10.5. The Labute approximate surface area is 92.9 Å². The van der Waals surface area contributed by atoms with Crippen LogP contribution in [0.2, 0.25) is 0 Å². The van der Waals surface area contributed by atoms with E-state index in [1.165, 1.54) is 0 Å². The fourth-order valence-electron chi connectivity index (χ4n) is 1.53. The highest BCUT2D eigenvalue weighted by atomic mass is 16.4. The fraction of sp³-hybridized carbons (Fsp3) is 0.250. The number of nitrogens with zero attached hydrogens (tertiary/aromatic N) is 2. The molecule has 4 nitrogen and oxygen atoms in total. The van der Waals surface area contributed by atoms with Crippen molar-refractivity contribution in [3.05, 3.63) is 35.5 Å². The van der Waals surface area contributed by atoms with E-state index in [0.29, 0.717) is 5.92 Å². The highest BCUT2D eigenvalue weighted by Gasteiger charge is 2.08. The van der Waals surface area contributed by atoms with Crippen LogP contribution in [0.15, 0.2) is 24.3 Å². The molecule has 0 aliphatic carbocycles. The van der Waals surface area contributed by atoms with Gasteiger partial charge in [-0.1, -0.05) is 19.9 Å². The van der Waals surface area contributed by atoms with Crippen LogP contribution in [0.1, 0.15) is 35.8 Å². The molecule has 0 saturated heterocycles. The zero-order chi connectivity index (χ0) is 11.7. The number of rotatable bonds is 2. The maximum absolute atomic E-state index is 10.8. The van der Waals surface area contributed by atoms with Gasteiger partial charge >= 0.3 is 5.97 Å². The molecule has 2 aromatic rings. The molecule has 0 bridgehead atoms. The number of carboxylic acids is 1. The van der Waals surface area contributed by atoms with Crippen molar-refractivity contribution < 1.29 is 9.90 Å². The summed E-state index contributed by atoms with van der Waals surface area (Å²) in [5.74, 6) is -0.643. The van der Waals surface area contributed by atoms with Crippen molar-refractivity contribution in [3.8, 4) is 0 Å². The predicted octanol–water partition coefficient (Wildman–Crippen LogP) is 2.45. The van der Waals surface area contributed by atoms with Gasteiger partial charge in [-0.3, -0.25) is 0 Å². The molecule has 0 atom stereocenters. The number of carbonyl (C=O) groups is 1. The zero-order valence-electron chi connectivity index (χ0n) is 9.14. The van der Waals surface area contributed by atoms with Crippen molar-refractivity contribution in [1.82, 2.24) is 10.2 Å². The highest BCUT2D eigenvalue weighted by molar-refractivity contribution is 5.90. The summed E-state index contributed by atoms with van der Waals surface area (Å²) in [5, 5.41) is 17.1. The van der Waals surface area contributed by atoms with Crippen molar-refractivity contribution in [2.45, 2.75) is 19.8 Å². The van der Waals surface area contributed by atoms with E-state index in [1.807, 2.05) is 18.2 Å². The molecule has 0 radical (unpaired) electrons. The van der Waals surface area contributed by atoms with E-state index in [-0.39, 0.29) is 5.69 Å². The van der Waals surface area contributed by atoms with Crippen LogP contribution in [-0.4, -0.2) is 21.3 Å². The van der Waals surface area contributed by atoms with Gasteiger partial charge in [0, 0.05) is 5.39 Å². The summed E-state index contributed by atoms with van der Waals surface area (Å²) in [6, 6.07) is 7.36. The predicted molar refractivity (Wildman–Crippen MR) is 60.6 cm³/mol. The zero-order valence-corrected chi connectivity index (χ0v) is 9.14. The van der Waals surface area contributed by atoms with Gasteiger partial charge in [0.25, 0.3) is 0 Å². The van der Waals surface area contributed by atoms with Crippen LogP contribution < -0.4 is 0 Å². The molecule has 1 aromatic carbocycles. The molecular weight excluding hydrogens is 204 g/mol. The van der Waals surface area contributed by atoms with Crippen molar-refractivity contribution in [3.63, 3.8) is 0 Å². The Bertz CT molecular complexity index is 550. The topological polar surface area (TPSA) is 63.1 Å². The Morgan fingerprint density at radius 1 is 1.25 bits per heavy atom. The van der Waals surface area contributed by atoms with Crippen LogP contribution in [0, 0.1) is 0 Å². The maximum atomic E-state index is 10.8. The molecule has 0 aliphatic rings. The number of aromatic carboxylic acids is 1. The van der Waals surface area contributed by atoms with Gasteiger partial charge in [0.1, 0.15) is 0 Å². The third kappa shape index (κ3) is 1.86. The molecule has 2 rings (SSSR count). The molecule has 0 fully saturated rings. The van der Waals surface area contributed by atoms with Crippen LogP contribution >= 0.6 is 0 Å². The first-order chi connectivity index (χ1) is 7.58. The van der Waals surface area contributed by atoms with Gasteiger partial charge in [-0.05, 0) is 29.7 Å². The molecule has 82 valence electrons. The van der Waals surface area contributed by atoms with E-state index >= 15 is 0 Å². The van der Waals surface area contributed by atoms with Crippen molar-refractivity contribution in [2.24, 2.45) is 0 Å². The smallest absolute Gasteiger partial charge is 0.356 e. The lowest BCUT2D eigenvalue weighted by atomic mass is 10.0. The second-order valence-corrected chi connectivity index (χ2v) is 4.01. The normalized spacial score (nSPS) is 10.9. The molecule has 1 aromatic heterocycles. The fourth-order valence-corrected chi connectivity index (χ4v) is 1.53. The van der Waals surface area contributed by atoms with E-state index < -0.39 is 5.97 Å². The van der Waals surface area contributed by atoms with E-state index in [1.54, 1.807) is 6.07 Å².